The molecule has 7 heteroatoms. The Kier molecular flexibility index (Phi) is 3.84. The van der Waals surface area contributed by atoms with Gasteiger partial charge in [-0.2, -0.15) is 13.2 Å². The summed E-state index contributed by atoms with van der Waals surface area (Å²) in [6.07, 6.45) is -1.42. The molecule has 0 saturated carbocycles. The maximum absolute atomic E-state index is 12.6. The lowest BCUT2D eigenvalue weighted by atomic mass is 10.1. The number of pyridine rings is 1. The Balaban J connectivity index is 2.15. The molecule has 2 aromatic rings. The van der Waals surface area contributed by atoms with Gasteiger partial charge in [-0.25, -0.2) is 4.98 Å². The molecular weight excluding hydrogens is 259 g/mol. The summed E-state index contributed by atoms with van der Waals surface area (Å²) in [6.45, 7) is 0. The van der Waals surface area contributed by atoms with Crippen LogP contribution in [0.15, 0.2) is 30.7 Å². The number of aromatic amines is 1. The molecule has 1 atom stereocenters. The maximum Gasteiger partial charge on any atom is 0.421 e. The second kappa shape index (κ2) is 5.40. The Labute approximate surface area is 107 Å². The van der Waals surface area contributed by atoms with Crippen LogP contribution in [-0.2, 0) is 11.2 Å². The quantitative estimate of drug-likeness (QED) is 0.930. The number of ether oxygens (including phenoxy) is 1. The van der Waals surface area contributed by atoms with Crippen molar-refractivity contribution in [2.75, 3.05) is 7.11 Å². The zero-order valence-electron chi connectivity index (χ0n) is 10.1. The van der Waals surface area contributed by atoms with E-state index in [2.05, 4.69) is 19.7 Å². The molecule has 0 fully saturated rings. The Morgan fingerprint density at radius 2 is 2.00 bits per heavy atom. The standard InChI is InChI=1S/C12H12F3N3O/c1-19-10(12(13,14)15)11-17-7-9(18-11)6-8-2-4-16-5-3-8/h2-5,7,10H,6H2,1H3,(H,17,18). The number of H-pyrrole nitrogens is 1. The van der Waals surface area contributed by atoms with Crippen LogP contribution in [0.5, 0.6) is 0 Å². The minimum absolute atomic E-state index is 0.237. The van der Waals surface area contributed by atoms with Crippen LogP contribution in [0, 0.1) is 0 Å². The Bertz CT molecular complexity index is 525. The van der Waals surface area contributed by atoms with Crippen molar-refractivity contribution >= 4 is 0 Å². The fourth-order valence-corrected chi connectivity index (χ4v) is 1.72. The van der Waals surface area contributed by atoms with Crippen LogP contribution in [0.3, 0.4) is 0 Å². The van der Waals surface area contributed by atoms with Gasteiger partial charge in [0.25, 0.3) is 0 Å². The van der Waals surface area contributed by atoms with Crippen LogP contribution in [0.2, 0.25) is 0 Å². The van der Waals surface area contributed by atoms with E-state index in [4.69, 9.17) is 0 Å². The van der Waals surface area contributed by atoms with Crippen LogP contribution in [0.25, 0.3) is 0 Å². The number of aromatic nitrogens is 3. The normalized spacial score (nSPS) is 13.5. The highest BCUT2D eigenvalue weighted by Gasteiger charge is 2.43. The van der Waals surface area contributed by atoms with Crippen LogP contribution in [0.1, 0.15) is 23.2 Å². The van der Waals surface area contributed by atoms with Gasteiger partial charge in [-0.15, -0.1) is 0 Å². The molecule has 2 heterocycles. The van der Waals surface area contributed by atoms with E-state index in [0.717, 1.165) is 12.7 Å². The molecule has 0 amide bonds. The van der Waals surface area contributed by atoms with Gasteiger partial charge in [0.2, 0.25) is 6.10 Å². The van der Waals surface area contributed by atoms with Gasteiger partial charge in [0.15, 0.2) is 0 Å². The Morgan fingerprint density at radius 1 is 1.32 bits per heavy atom. The molecule has 102 valence electrons. The molecule has 2 rings (SSSR count). The monoisotopic (exact) mass is 271 g/mol. The number of nitrogens with one attached hydrogen (secondary N) is 1. The summed E-state index contributed by atoms with van der Waals surface area (Å²) in [5.74, 6) is -0.237. The zero-order valence-corrected chi connectivity index (χ0v) is 10.1. The largest absolute Gasteiger partial charge is 0.421 e. The van der Waals surface area contributed by atoms with Crippen molar-refractivity contribution in [1.82, 2.24) is 15.0 Å². The minimum Gasteiger partial charge on any atom is -0.365 e. The molecule has 0 bridgehead atoms. The van der Waals surface area contributed by atoms with Gasteiger partial charge in [0, 0.05) is 37.8 Å². The first-order valence-electron chi connectivity index (χ1n) is 5.53. The summed E-state index contributed by atoms with van der Waals surface area (Å²) >= 11 is 0. The third-order valence-electron chi connectivity index (χ3n) is 2.57. The fourth-order valence-electron chi connectivity index (χ4n) is 1.72. The number of methoxy groups -OCH3 is 1. The first-order valence-corrected chi connectivity index (χ1v) is 5.53. The van der Waals surface area contributed by atoms with E-state index >= 15 is 0 Å². The van der Waals surface area contributed by atoms with Gasteiger partial charge in [-0.1, -0.05) is 0 Å². The third kappa shape index (κ3) is 3.31. The van der Waals surface area contributed by atoms with E-state index in [1.807, 2.05) is 0 Å². The summed E-state index contributed by atoms with van der Waals surface area (Å²) in [5, 5.41) is 0. The van der Waals surface area contributed by atoms with Crippen LogP contribution >= 0.6 is 0 Å². The van der Waals surface area contributed by atoms with Crippen molar-refractivity contribution in [2.45, 2.75) is 18.7 Å². The highest BCUT2D eigenvalue weighted by atomic mass is 19.4. The lowest BCUT2D eigenvalue weighted by Crippen LogP contribution is -2.23. The van der Waals surface area contributed by atoms with Crippen molar-refractivity contribution in [3.05, 3.63) is 47.8 Å². The SMILES string of the molecule is COC(c1ncc(Cc2ccncc2)[nH]1)C(F)(F)F. The minimum atomic E-state index is -4.49. The number of halogens is 3. The van der Waals surface area contributed by atoms with Crippen molar-refractivity contribution in [3.8, 4) is 0 Å². The van der Waals surface area contributed by atoms with E-state index in [9.17, 15) is 13.2 Å². The maximum atomic E-state index is 12.6. The second-order valence-electron chi connectivity index (χ2n) is 3.98. The molecule has 1 unspecified atom stereocenters. The van der Waals surface area contributed by atoms with Crippen LogP contribution in [0.4, 0.5) is 13.2 Å². The van der Waals surface area contributed by atoms with Gasteiger partial charge < -0.3 is 9.72 Å². The second-order valence-corrected chi connectivity index (χ2v) is 3.98. The van der Waals surface area contributed by atoms with Crippen molar-refractivity contribution < 1.29 is 17.9 Å². The van der Waals surface area contributed by atoms with Crippen molar-refractivity contribution in [1.29, 1.82) is 0 Å². The fraction of sp³-hybridized carbons (Fsp3) is 0.333. The van der Waals surface area contributed by atoms with E-state index in [0.29, 0.717) is 12.1 Å². The van der Waals surface area contributed by atoms with Gasteiger partial charge in [-0.3, -0.25) is 4.98 Å². The molecule has 19 heavy (non-hydrogen) atoms. The molecule has 0 aliphatic carbocycles. The number of hydrogen-bond acceptors (Lipinski definition) is 3. The summed E-state index contributed by atoms with van der Waals surface area (Å²) < 4.78 is 42.4. The topological polar surface area (TPSA) is 50.8 Å². The molecule has 0 aliphatic heterocycles. The summed E-state index contributed by atoms with van der Waals surface area (Å²) in [7, 11) is 1.00. The predicted octanol–water partition coefficient (Wildman–Crippen LogP) is 2.65. The first kappa shape index (κ1) is 13.5. The first-order chi connectivity index (χ1) is 9.00. The van der Waals surface area contributed by atoms with Crippen LogP contribution in [-0.4, -0.2) is 28.2 Å². The van der Waals surface area contributed by atoms with E-state index in [1.54, 1.807) is 24.5 Å². The molecule has 0 aromatic carbocycles. The molecule has 0 radical (unpaired) electrons. The summed E-state index contributed by atoms with van der Waals surface area (Å²) in [6, 6.07) is 3.58. The Hall–Kier alpha value is -1.89. The van der Waals surface area contributed by atoms with Gasteiger partial charge in [-0.05, 0) is 17.7 Å². The number of alkyl halides is 3. The lowest BCUT2D eigenvalue weighted by Gasteiger charge is -2.16. The summed E-state index contributed by atoms with van der Waals surface area (Å²) in [5.41, 5.74) is 1.53. The van der Waals surface area contributed by atoms with Gasteiger partial charge in [0.1, 0.15) is 5.82 Å². The average Bonchev–Trinajstić information content (AvgIpc) is 2.77. The molecular formula is C12H12F3N3O. The third-order valence-corrected chi connectivity index (χ3v) is 2.57. The van der Waals surface area contributed by atoms with Gasteiger partial charge in [0.05, 0.1) is 0 Å². The number of hydrogen-bond donors (Lipinski definition) is 1. The van der Waals surface area contributed by atoms with Gasteiger partial charge >= 0.3 is 6.18 Å². The molecule has 0 spiro atoms. The van der Waals surface area contributed by atoms with Crippen LogP contribution < -0.4 is 0 Å². The lowest BCUT2D eigenvalue weighted by molar-refractivity contribution is -0.218. The Morgan fingerprint density at radius 3 is 2.58 bits per heavy atom. The smallest absolute Gasteiger partial charge is 0.365 e. The predicted molar refractivity (Wildman–Crippen MR) is 61.4 cm³/mol. The van der Waals surface area contributed by atoms with Crippen molar-refractivity contribution in [2.24, 2.45) is 0 Å². The molecule has 2 aromatic heterocycles. The zero-order chi connectivity index (χ0) is 13.9. The molecule has 4 nitrogen and oxygen atoms in total. The van der Waals surface area contributed by atoms with E-state index < -0.39 is 12.3 Å². The number of nitrogens with zero attached hydrogens (tertiary/aromatic N) is 2. The number of imidazole rings is 1. The highest BCUT2D eigenvalue weighted by Crippen LogP contribution is 2.33. The number of rotatable bonds is 4. The summed E-state index contributed by atoms with van der Waals surface area (Å²) in [4.78, 5) is 10.2. The average molecular weight is 271 g/mol. The molecule has 1 N–H and O–H groups in total. The molecule has 0 aliphatic rings. The van der Waals surface area contributed by atoms with Crippen molar-refractivity contribution in [3.63, 3.8) is 0 Å². The van der Waals surface area contributed by atoms with E-state index in [-0.39, 0.29) is 5.82 Å². The van der Waals surface area contributed by atoms with E-state index in [1.165, 1.54) is 6.20 Å². The molecule has 0 saturated heterocycles. The highest BCUT2D eigenvalue weighted by molar-refractivity contribution is 5.18.